The normalized spacial score (nSPS) is 22.4. The molecule has 0 unspecified atom stereocenters. The van der Waals surface area contributed by atoms with Gasteiger partial charge in [-0.3, -0.25) is 4.79 Å². The van der Waals surface area contributed by atoms with E-state index in [1.54, 1.807) is 24.6 Å². The summed E-state index contributed by atoms with van der Waals surface area (Å²) in [5.41, 5.74) is 1.08. The summed E-state index contributed by atoms with van der Waals surface area (Å²) >= 11 is 1.60. The fraction of sp³-hybridized carbons (Fsp3) is 0.579. The summed E-state index contributed by atoms with van der Waals surface area (Å²) < 4.78 is 5.67. The van der Waals surface area contributed by atoms with Gasteiger partial charge in [-0.25, -0.2) is 15.0 Å². The molecule has 0 aromatic carbocycles. The zero-order chi connectivity index (χ0) is 19.2. The van der Waals surface area contributed by atoms with Crippen molar-refractivity contribution < 1.29 is 9.53 Å². The maximum atomic E-state index is 12.6. The molecule has 27 heavy (non-hydrogen) atoms. The van der Waals surface area contributed by atoms with Crippen LogP contribution in [0.4, 0.5) is 5.82 Å². The van der Waals surface area contributed by atoms with Crippen LogP contribution in [0.25, 0.3) is 0 Å². The van der Waals surface area contributed by atoms with E-state index in [1.165, 1.54) is 0 Å². The van der Waals surface area contributed by atoms with Crippen LogP contribution in [0.2, 0.25) is 0 Å². The Kier molecular flexibility index (Phi) is 6.73. The van der Waals surface area contributed by atoms with Crippen molar-refractivity contribution >= 4 is 23.1 Å². The molecule has 0 saturated heterocycles. The van der Waals surface area contributed by atoms with E-state index in [1.807, 2.05) is 18.4 Å². The van der Waals surface area contributed by atoms with Crippen LogP contribution >= 0.6 is 11.3 Å². The van der Waals surface area contributed by atoms with E-state index in [-0.39, 0.29) is 24.0 Å². The number of rotatable bonds is 7. The zero-order valence-corrected chi connectivity index (χ0v) is 16.9. The molecule has 2 heterocycles. The third-order valence-corrected chi connectivity index (χ3v) is 5.85. The van der Waals surface area contributed by atoms with Crippen LogP contribution in [0, 0.1) is 12.8 Å². The highest BCUT2D eigenvalue weighted by molar-refractivity contribution is 7.09. The van der Waals surface area contributed by atoms with Gasteiger partial charge in [0.1, 0.15) is 16.6 Å². The molecule has 0 spiro atoms. The number of amides is 1. The molecule has 0 radical (unpaired) electrons. The van der Waals surface area contributed by atoms with E-state index in [0.29, 0.717) is 13.0 Å². The number of thiazole rings is 1. The Morgan fingerprint density at radius 3 is 2.93 bits per heavy atom. The quantitative estimate of drug-likeness (QED) is 0.757. The molecule has 0 bridgehead atoms. The number of anilines is 1. The number of nitrogens with one attached hydrogen (secondary N) is 2. The summed E-state index contributed by atoms with van der Waals surface area (Å²) in [7, 11) is 1.70. The predicted molar refractivity (Wildman–Crippen MR) is 106 cm³/mol. The van der Waals surface area contributed by atoms with Gasteiger partial charge in [0.05, 0.1) is 24.4 Å². The Balaban J connectivity index is 1.52. The Hall–Kier alpha value is -2.06. The van der Waals surface area contributed by atoms with E-state index in [2.05, 4.69) is 32.5 Å². The molecule has 3 atom stereocenters. The summed E-state index contributed by atoms with van der Waals surface area (Å²) in [4.78, 5) is 25.6. The minimum absolute atomic E-state index is 0.0312. The first-order chi connectivity index (χ1) is 13.1. The van der Waals surface area contributed by atoms with Crippen molar-refractivity contribution in [3.8, 4) is 0 Å². The zero-order valence-electron chi connectivity index (χ0n) is 16.1. The van der Waals surface area contributed by atoms with Crippen LogP contribution in [0.5, 0.6) is 0 Å². The van der Waals surface area contributed by atoms with Gasteiger partial charge in [-0.2, -0.15) is 0 Å². The van der Waals surface area contributed by atoms with E-state index >= 15 is 0 Å². The lowest BCUT2D eigenvalue weighted by atomic mass is 9.83. The molecule has 1 saturated carbocycles. The largest absolute Gasteiger partial charge is 0.379 e. The van der Waals surface area contributed by atoms with Crippen molar-refractivity contribution in [2.75, 3.05) is 12.4 Å². The summed E-state index contributed by atoms with van der Waals surface area (Å²) in [6.45, 7) is 4.45. The summed E-state index contributed by atoms with van der Waals surface area (Å²) in [5, 5.41) is 9.47. The van der Waals surface area contributed by atoms with Crippen LogP contribution < -0.4 is 10.6 Å². The molecule has 1 amide bonds. The molecule has 1 aliphatic carbocycles. The average molecular weight is 390 g/mol. The molecule has 1 fully saturated rings. The van der Waals surface area contributed by atoms with Gasteiger partial charge >= 0.3 is 0 Å². The Morgan fingerprint density at radius 2 is 2.22 bits per heavy atom. The molecular formula is C19H27N5O2S. The second kappa shape index (κ2) is 9.23. The van der Waals surface area contributed by atoms with Crippen LogP contribution in [-0.2, 0) is 22.5 Å². The lowest BCUT2D eigenvalue weighted by molar-refractivity contribution is -0.127. The third-order valence-electron chi connectivity index (χ3n) is 4.95. The van der Waals surface area contributed by atoms with Gasteiger partial charge in [0.25, 0.3) is 0 Å². The Labute approximate surface area is 164 Å². The lowest BCUT2D eigenvalue weighted by Crippen LogP contribution is -2.44. The number of methoxy groups -OCH3 is 1. The number of hydrogen-bond acceptors (Lipinski definition) is 7. The first kappa shape index (κ1) is 19.7. The summed E-state index contributed by atoms with van der Waals surface area (Å²) in [6, 6.07) is 2.00. The van der Waals surface area contributed by atoms with Gasteiger partial charge in [-0.05, 0) is 38.7 Å². The number of aryl methyl sites for hydroxylation is 2. The van der Waals surface area contributed by atoms with Gasteiger partial charge in [0.15, 0.2) is 0 Å². The first-order valence-corrected chi connectivity index (χ1v) is 10.3. The molecule has 146 valence electrons. The average Bonchev–Trinajstić information content (AvgIpc) is 3.14. The second-order valence-corrected chi connectivity index (χ2v) is 7.77. The Bertz CT molecular complexity index is 766. The van der Waals surface area contributed by atoms with Crippen molar-refractivity contribution in [3.05, 3.63) is 34.2 Å². The molecule has 3 rings (SSSR count). The molecule has 0 aliphatic heterocycles. The third kappa shape index (κ3) is 5.23. The fourth-order valence-electron chi connectivity index (χ4n) is 3.42. The molecule has 2 N–H and O–H groups in total. The van der Waals surface area contributed by atoms with Crippen molar-refractivity contribution in [1.29, 1.82) is 0 Å². The molecule has 1 aliphatic rings. The predicted octanol–water partition coefficient (Wildman–Crippen LogP) is 2.72. The number of aromatic nitrogens is 3. The van der Waals surface area contributed by atoms with Crippen molar-refractivity contribution in [3.63, 3.8) is 0 Å². The number of carbonyl (C=O) groups excluding carboxylic acids is 1. The van der Waals surface area contributed by atoms with Gasteiger partial charge in [0.2, 0.25) is 5.91 Å². The van der Waals surface area contributed by atoms with E-state index < -0.39 is 0 Å². The van der Waals surface area contributed by atoms with E-state index in [0.717, 1.165) is 41.6 Å². The maximum absolute atomic E-state index is 12.6. The SMILES string of the molecule is CCc1csc(CNC(=O)[C@H]2CC[C@@H](Nc3ccnc(C)n3)[C@H](OC)C2)n1. The summed E-state index contributed by atoms with van der Waals surface area (Å²) in [5.74, 6) is 1.58. The van der Waals surface area contributed by atoms with Crippen LogP contribution in [0.3, 0.4) is 0 Å². The molecule has 2 aromatic heterocycles. The number of nitrogens with zero attached hydrogens (tertiary/aromatic N) is 3. The van der Waals surface area contributed by atoms with Gasteiger partial charge in [-0.15, -0.1) is 11.3 Å². The number of ether oxygens (including phenoxy) is 1. The highest BCUT2D eigenvalue weighted by Gasteiger charge is 2.34. The van der Waals surface area contributed by atoms with Crippen LogP contribution in [0.1, 0.15) is 42.7 Å². The maximum Gasteiger partial charge on any atom is 0.223 e. The van der Waals surface area contributed by atoms with E-state index in [9.17, 15) is 4.79 Å². The molecule has 2 aromatic rings. The van der Waals surface area contributed by atoms with Crippen molar-refractivity contribution in [1.82, 2.24) is 20.3 Å². The minimum Gasteiger partial charge on any atom is -0.379 e. The monoisotopic (exact) mass is 389 g/mol. The second-order valence-electron chi connectivity index (χ2n) is 6.83. The highest BCUT2D eigenvalue weighted by atomic mass is 32.1. The smallest absolute Gasteiger partial charge is 0.223 e. The van der Waals surface area contributed by atoms with E-state index in [4.69, 9.17) is 4.74 Å². The number of carbonyl (C=O) groups is 1. The van der Waals surface area contributed by atoms with Gasteiger partial charge in [-0.1, -0.05) is 6.92 Å². The van der Waals surface area contributed by atoms with Crippen molar-refractivity contribution in [2.45, 2.75) is 58.2 Å². The summed E-state index contributed by atoms with van der Waals surface area (Å²) in [6.07, 6.45) is 5.01. The van der Waals surface area contributed by atoms with Gasteiger partial charge < -0.3 is 15.4 Å². The molecule has 7 nitrogen and oxygen atoms in total. The van der Waals surface area contributed by atoms with Gasteiger partial charge in [0, 0.05) is 24.6 Å². The first-order valence-electron chi connectivity index (χ1n) is 9.39. The fourth-order valence-corrected chi connectivity index (χ4v) is 4.24. The standard InChI is InChI=1S/C19H27N5O2S/c1-4-14-11-27-18(23-14)10-21-19(25)13-5-6-15(16(9-13)26-3)24-17-7-8-20-12(2)22-17/h7-8,11,13,15-16H,4-6,9-10H2,1-3H3,(H,21,25)(H,20,22,24)/t13-,15+,16+/m0/s1. The highest BCUT2D eigenvalue weighted by Crippen LogP contribution is 2.28. The molecular weight excluding hydrogens is 362 g/mol. The minimum atomic E-state index is -0.0363. The number of hydrogen-bond donors (Lipinski definition) is 2. The molecule has 8 heteroatoms. The van der Waals surface area contributed by atoms with Crippen LogP contribution in [-0.4, -0.2) is 40.1 Å². The van der Waals surface area contributed by atoms with Crippen molar-refractivity contribution in [2.24, 2.45) is 5.92 Å². The topological polar surface area (TPSA) is 89.0 Å². The lowest BCUT2D eigenvalue weighted by Gasteiger charge is -2.35. The van der Waals surface area contributed by atoms with Crippen LogP contribution in [0.15, 0.2) is 17.6 Å². The Morgan fingerprint density at radius 1 is 1.37 bits per heavy atom.